The lowest BCUT2D eigenvalue weighted by atomic mass is 10.2. The molecule has 0 aliphatic carbocycles. The summed E-state index contributed by atoms with van der Waals surface area (Å²) in [6.45, 7) is 11.0. The van der Waals surface area contributed by atoms with Crippen molar-refractivity contribution in [3.8, 4) is 0 Å². The number of nitrogens with one attached hydrogen (secondary N) is 1. The van der Waals surface area contributed by atoms with Gasteiger partial charge in [-0.05, 0) is 31.6 Å². The molecule has 24 heavy (non-hydrogen) atoms. The maximum Gasteiger partial charge on any atom is 0.194 e. The molecule has 0 radical (unpaired) electrons. The molecule has 2 rings (SSSR count). The van der Waals surface area contributed by atoms with Crippen LogP contribution in [0.2, 0.25) is 0 Å². The van der Waals surface area contributed by atoms with Crippen LogP contribution in [-0.4, -0.2) is 74.8 Å². The van der Waals surface area contributed by atoms with Crippen molar-refractivity contribution in [3.05, 3.63) is 24.2 Å². The van der Waals surface area contributed by atoms with Crippen LogP contribution in [0.4, 0.5) is 0 Å². The molecule has 0 aromatic carbocycles. The van der Waals surface area contributed by atoms with Crippen molar-refractivity contribution in [2.24, 2.45) is 4.99 Å². The van der Waals surface area contributed by atoms with Gasteiger partial charge in [-0.15, -0.1) is 0 Å². The van der Waals surface area contributed by atoms with E-state index < -0.39 is 0 Å². The predicted molar refractivity (Wildman–Crippen MR) is 97.5 cm³/mol. The highest BCUT2D eigenvalue weighted by molar-refractivity contribution is 5.80. The highest BCUT2D eigenvalue weighted by Gasteiger charge is 2.28. The minimum absolute atomic E-state index is 0.625. The maximum absolute atomic E-state index is 5.40. The van der Waals surface area contributed by atoms with Gasteiger partial charge in [-0.1, -0.05) is 13.8 Å². The average molecular weight is 336 g/mol. The second-order valence-electron chi connectivity index (χ2n) is 6.06. The highest BCUT2D eigenvalue weighted by atomic mass is 16.5. The zero-order valence-electron chi connectivity index (χ0n) is 15.3. The first-order valence-corrected chi connectivity index (χ1v) is 9.07. The molecule has 2 heterocycles. The van der Waals surface area contributed by atoms with Crippen LogP contribution in [0.5, 0.6) is 0 Å². The lowest BCUT2D eigenvalue weighted by Crippen LogP contribution is -2.44. The molecule has 1 N–H and O–H groups in total. The van der Waals surface area contributed by atoms with E-state index in [1.807, 2.05) is 12.1 Å². The second kappa shape index (κ2) is 10.4. The van der Waals surface area contributed by atoms with E-state index in [4.69, 9.17) is 14.1 Å². The summed E-state index contributed by atoms with van der Waals surface area (Å²) in [4.78, 5) is 9.63. The van der Waals surface area contributed by atoms with Gasteiger partial charge < -0.3 is 19.4 Å². The number of hydrogen-bond acceptors (Lipinski definition) is 4. The van der Waals surface area contributed by atoms with Crippen LogP contribution < -0.4 is 5.32 Å². The van der Waals surface area contributed by atoms with E-state index in [1.165, 1.54) is 6.42 Å². The van der Waals surface area contributed by atoms with Crippen molar-refractivity contribution in [2.45, 2.75) is 32.7 Å². The van der Waals surface area contributed by atoms with E-state index >= 15 is 0 Å². The average Bonchev–Trinajstić information content (AvgIpc) is 3.27. The van der Waals surface area contributed by atoms with Gasteiger partial charge in [0, 0.05) is 39.2 Å². The van der Waals surface area contributed by atoms with Crippen LogP contribution >= 0.6 is 0 Å². The number of guanidine groups is 1. The molecule has 0 saturated carbocycles. The molecule has 1 fully saturated rings. The maximum atomic E-state index is 5.40. The quantitative estimate of drug-likeness (QED) is 0.424. The fourth-order valence-electron chi connectivity index (χ4n) is 3.24. The molecule has 0 spiro atoms. The summed E-state index contributed by atoms with van der Waals surface area (Å²) in [7, 11) is 1.71. The molecule has 1 aliphatic rings. The Morgan fingerprint density at radius 1 is 1.46 bits per heavy atom. The third-order valence-electron chi connectivity index (χ3n) is 4.58. The summed E-state index contributed by atoms with van der Waals surface area (Å²) >= 11 is 0. The first-order valence-electron chi connectivity index (χ1n) is 9.07. The summed E-state index contributed by atoms with van der Waals surface area (Å²) in [5.41, 5.74) is 0. The largest absolute Gasteiger partial charge is 0.469 e. The molecule has 6 heteroatoms. The number of rotatable bonds is 9. The summed E-state index contributed by atoms with van der Waals surface area (Å²) < 4.78 is 10.5. The van der Waals surface area contributed by atoms with Crippen LogP contribution in [0.25, 0.3) is 0 Å². The van der Waals surface area contributed by atoms with E-state index in [0.29, 0.717) is 19.2 Å². The number of methoxy groups -OCH3 is 1. The lowest BCUT2D eigenvalue weighted by Gasteiger charge is -2.27. The van der Waals surface area contributed by atoms with E-state index in [0.717, 1.165) is 50.9 Å². The van der Waals surface area contributed by atoms with Crippen molar-refractivity contribution < 1.29 is 9.15 Å². The van der Waals surface area contributed by atoms with E-state index in [9.17, 15) is 0 Å². The molecule has 6 nitrogen and oxygen atoms in total. The van der Waals surface area contributed by atoms with E-state index in [1.54, 1.807) is 13.4 Å². The first kappa shape index (κ1) is 18.8. The lowest BCUT2D eigenvalue weighted by molar-refractivity contribution is 0.207. The Morgan fingerprint density at radius 3 is 2.96 bits per heavy atom. The van der Waals surface area contributed by atoms with Gasteiger partial charge in [0.05, 0.1) is 19.4 Å². The second-order valence-corrected chi connectivity index (χ2v) is 6.06. The smallest absolute Gasteiger partial charge is 0.194 e. The molecule has 0 amide bonds. The van der Waals surface area contributed by atoms with Crippen molar-refractivity contribution >= 4 is 5.96 Å². The predicted octanol–water partition coefficient (Wildman–Crippen LogP) is 1.83. The topological polar surface area (TPSA) is 53.2 Å². The van der Waals surface area contributed by atoms with Crippen molar-refractivity contribution in [1.82, 2.24) is 15.1 Å². The molecule has 1 unspecified atom stereocenters. The van der Waals surface area contributed by atoms with Crippen LogP contribution in [0.15, 0.2) is 27.8 Å². The van der Waals surface area contributed by atoms with Crippen LogP contribution in [-0.2, 0) is 11.2 Å². The van der Waals surface area contributed by atoms with E-state index in [2.05, 4.69) is 29.0 Å². The molecule has 1 saturated heterocycles. The van der Waals surface area contributed by atoms with Gasteiger partial charge in [-0.2, -0.15) is 0 Å². The molecule has 0 bridgehead atoms. The molecule has 136 valence electrons. The Labute approximate surface area is 145 Å². The number of ether oxygens (including phenoxy) is 1. The van der Waals surface area contributed by atoms with Gasteiger partial charge in [0.2, 0.25) is 0 Å². The van der Waals surface area contributed by atoms with Crippen LogP contribution in [0.1, 0.15) is 26.0 Å². The van der Waals surface area contributed by atoms with Crippen molar-refractivity contribution in [1.29, 1.82) is 0 Å². The molecule has 1 atom stereocenters. The summed E-state index contributed by atoms with van der Waals surface area (Å²) in [6, 6.07) is 4.56. The molecular weight excluding hydrogens is 304 g/mol. The Bertz CT molecular complexity index is 471. The fourth-order valence-corrected chi connectivity index (χ4v) is 3.24. The van der Waals surface area contributed by atoms with Crippen LogP contribution in [0.3, 0.4) is 0 Å². The third-order valence-corrected chi connectivity index (χ3v) is 4.58. The van der Waals surface area contributed by atoms with Gasteiger partial charge in [0.15, 0.2) is 5.96 Å². The zero-order chi connectivity index (χ0) is 17.2. The standard InChI is InChI=1S/C18H32N4O2/c1-4-21(5-2)16-9-12-22(15-16)18(20-11-14-23-3)19-10-8-17-7-6-13-24-17/h6-7,13,16H,4-5,8-12,14-15H2,1-3H3,(H,19,20). The number of aliphatic imine (C=N–C) groups is 1. The third kappa shape index (κ3) is 5.53. The van der Waals surface area contributed by atoms with E-state index in [-0.39, 0.29) is 0 Å². The molecule has 1 aliphatic heterocycles. The molecule has 1 aromatic heterocycles. The number of furan rings is 1. The number of likely N-dealkylation sites (tertiary alicyclic amines) is 1. The van der Waals surface area contributed by atoms with Gasteiger partial charge in [-0.25, -0.2) is 0 Å². The van der Waals surface area contributed by atoms with Gasteiger partial charge >= 0.3 is 0 Å². The Hall–Kier alpha value is -1.53. The number of hydrogen-bond donors (Lipinski definition) is 1. The van der Waals surface area contributed by atoms with Gasteiger partial charge in [-0.3, -0.25) is 9.89 Å². The minimum atomic E-state index is 0.625. The van der Waals surface area contributed by atoms with Crippen molar-refractivity contribution in [3.63, 3.8) is 0 Å². The highest BCUT2D eigenvalue weighted by Crippen LogP contribution is 2.15. The summed E-state index contributed by atoms with van der Waals surface area (Å²) in [5.74, 6) is 1.99. The molecule has 1 aromatic rings. The fraction of sp³-hybridized carbons (Fsp3) is 0.722. The van der Waals surface area contributed by atoms with Gasteiger partial charge in [0.1, 0.15) is 5.76 Å². The Kier molecular flexibility index (Phi) is 8.12. The molecular formula is C18H32N4O2. The summed E-state index contributed by atoms with van der Waals surface area (Å²) in [6.07, 6.45) is 3.78. The normalized spacial score (nSPS) is 18.6. The van der Waals surface area contributed by atoms with Crippen LogP contribution in [0, 0.1) is 0 Å². The van der Waals surface area contributed by atoms with Crippen molar-refractivity contribution in [2.75, 3.05) is 53.0 Å². The Morgan fingerprint density at radius 2 is 2.29 bits per heavy atom. The number of nitrogens with zero attached hydrogens (tertiary/aromatic N) is 3. The SMILES string of the molecule is CCN(CC)C1CCN(C(=NCCOC)NCCc2ccco2)C1. The number of likely N-dealkylation sites (N-methyl/N-ethyl adjacent to an activating group) is 1. The zero-order valence-corrected chi connectivity index (χ0v) is 15.3. The minimum Gasteiger partial charge on any atom is -0.469 e. The monoisotopic (exact) mass is 336 g/mol. The van der Waals surface area contributed by atoms with Gasteiger partial charge in [0.25, 0.3) is 0 Å². The first-order chi connectivity index (χ1) is 11.8. The summed E-state index contributed by atoms with van der Waals surface area (Å²) in [5, 5.41) is 3.50. The Balaban J connectivity index is 1.89.